The Morgan fingerprint density at radius 2 is 2.15 bits per heavy atom. The lowest BCUT2D eigenvalue weighted by atomic mass is 10.1. The predicted octanol–water partition coefficient (Wildman–Crippen LogP) is 3.62. The number of hydrogen-bond donors (Lipinski definition) is 1. The van der Waals surface area contributed by atoms with E-state index in [0.717, 1.165) is 34.9 Å². The van der Waals surface area contributed by atoms with Gasteiger partial charge in [0.1, 0.15) is 5.75 Å². The molecular weight excluding hydrogens is 274 g/mol. The molecule has 1 aromatic carbocycles. The van der Waals surface area contributed by atoms with E-state index < -0.39 is 5.97 Å². The zero-order chi connectivity index (χ0) is 14.4. The lowest BCUT2D eigenvalue weighted by Gasteiger charge is -2.04. The number of para-hydroxylation sites is 1. The number of thiazole rings is 1. The number of aliphatic carboxylic acids is 1. The molecule has 0 saturated heterocycles. The SMILES string of the molecule is COc1ccccc1-c1csc(CCCCC(=O)O)n1. The Labute approximate surface area is 122 Å². The molecule has 0 amide bonds. The van der Waals surface area contributed by atoms with Gasteiger partial charge in [0.05, 0.1) is 17.8 Å². The van der Waals surface area contributed by atoms with Gasteiger partial charge in [0.15, 0.2) is 0 Å². The van der Waals surface area contributed by atoms with Crippen LogP contribution < -0.4 is 4.74 Å². The van der Waals surface area contributed by atoms with Crippen molar-refractivity contribution < 1.29 is 14.6 Å². The van der Waals surface area contributed by atoms with Crippen molar-refractivity contribution in [1.82, 2.24) is 4.98 Å². The van der Waals surface area contributed by atoms with Crippen LogP contribution in [0.3, 0.4) is 0 Å². The summed E-state index contributed by atoms with van der Waals surface area (Å²) >= 11 is 1.61. The third-order valence-electron chi connectivity index (χ3n) is 2.97. The third-order valence-corrected chi connectivity index (χ3v) is 3.87. The van der Waals surface area contributed by atoms with Crippen LogP contribution in [0.25, 0.3) is 11.3 Å². The van der Waals surface area contributed by atoms with E-state index in [4.69, 9.17) is 9.84 Å². The quantitative estimate of drug-likeness (QED) is 0.792. The van der Waals surface area contributed by atoms with Gasteiger partial charge in [-0.2, -0.15) is 0 Å². The molecule has 0 spiro atoms. The lowest BCUT2D eigenvalue weighted by Crippen LogP contribution is -1.94. The molecule has 0 aliphatic rings. The van der Waals surface area contributed by atoms with Crippen molar-refractivity contribution >= 4 is 17.3 Å². The van der Waals surface area contributed by atoms with E-state index in [1.54, 1.807) is 18.4 Å². The second-order valence-corrected chi connectivity index (χ2v) is 5.37. The smallest absolute Gasteiger partial charge is 0.303 e. The number of unbranched alkanes of at least 4 members (excludes halogenated alkanes) is 1. The minimum absolute atomic E-state index is 0.227. The Kier molecular flexibility index (Phi) is 5.12. The highest BCUT2D eigenvalue weighted by Crippen LogP contribution is 2.30. The van der Waals surface area contributed by atoms with Crippen LogP contribution in [-0.4, -0.2) is 23.2 Å². The standard InChI is InChI=1S/C15H17NO3S/c1-19-13-7-3-2-6-11(13)12-10-20-14(16-12)8-4-5-9-15(17)18/h2-3,6-7,10H,4-5,8-9H2,1H3,(H,17,18). The monoisotopic (exact) mass is 291 g/mol. The first-order valence-corrected chi connectivity index (χ1v) is 7.38. The molecule has 0 saturated carbocycles. The van der Waals surface area contributed by atoms with E-state index in [-0.39, 0.29) is 6.42 Å². The summed E-state index contributed by atoms with van der Waals surface area (Å²) in [6, 6.07) is 7.80. The number of aryl methyl sites for hydroxylation is 1. The van der Waals surface area contributed by atoms with Crippen molar-refractivity contribution in [2.45, 2.75) is 25.7 Å². The maximum atomic E-state index is 10.4. The molecule has 2 rings (SSSR count). The van der Waals surface area contributed by atoms with Crippen molar-refractivity contribution in [3.8, 4) is 17.0 Å². The van der Waals surface area contributed by atoms with E-state index in [2.05, 4.69) is 4.98 Å². The zero-order valence-corrected chi connectivity index (χ0v) is 12.2. The Balaban J connectivity index is 2.00. The average molecular weight is 291 g/mol. The van der Waals surface area contributed by atoms with Gasteiger partial charge in [0.25, 0.3) is 0 Å². The van der Waals surface area contributed by atoms with Crippen LogP contribution in [0.15, 0.2) is 29.6 Å². The second kappa shape index (κ2) is 7.05. The fourth-order valence-corrected chi connectivity index (χ4v) is 2.80. The average Bonchev–Trinajstić information content (AvgIpc) is 2.92. The van der Waals surface area contributed by atoms with Crippen LogP contribution in [0.2, 0.25) is 0 Å². The van der Waals surface area contributed by atoms with Crippen LogP contribution in [0.4, 0.5) is 0 Å². The topological polar surface area (TPSA) is 59.4 Å². The summed E-state index contributed by atoms with van der Waals surface area (Å²) in [5, 5.41) is 11.7. The number of benzene rings is 1. The van der Waals surface area contributed by atoms with Gasteiger partial charge in [-0.05, 0) is 31.4 Å². The number of carboxylic acids is 1. The van der Waals surface area contributed by atoms with Crippen LogP contribution in [0.5, 0.6) is 5.75 Å². The first kappa shape index (κ1) is 14.5. The van der Waals surface area contributed by atoms with Gasteiger partial charge < -0.3 is 9.84 Å². The van der Waals surface area contributed by atoms with E-state index >= 15 is 0 Å². The minimum Gasteiger partial charge on any atom is -0.496 e. The number of rotatable bonds is 7. The van der Waals surface area contributed by atoms with Crippen LogP contribution in [0.1, 0.15) is 24.3 Å². The third kappa shape index (κ3) is 3.81. The van der Waals surface area contributed by atoms with Crippen molar-refractivity contribution in [3.05, 3.63) is 34.7 Å². The van der Waals surface area contributed by atoms with Crippen molar-refractivity contribution in [2.24, 2.45) is 0 Å². The Hall–Kier alpha value is -1.88. The number of ether oxygens (including phenoxy) is 1. The largest absolute Gasteiger partial charge is 0.496 e. The minimum atomic E-state index is -0.737. The van der Waals surface area contributed by atoms with Gasteiger partial charge in [-0.1, -0.05) is 12.1 Å². The predicted molar refractivity (Wildman–Crippen MR) is 79.3 cm³/mol. The van der Waals surface area contributed by atoms with Gasteiger partial charge in [0, 0.05) is 17.4 Å². The van der Waals surface area contributed by atoms with Gasteiger partial charge in [-0.15, -0.1) is 11.3 Å². The zero-order valence-electron chi connectivity index (χ0n) is 11.3. The molecular formula is C15H17NO3S. The lowest BCUT2D eigenvalue weighted by molar-refractivity contribution is -0.137. The molecule has 1 aromatic heterocycles. The number of nitrogens with zero attached hydrogens (tertiary/aromatic N) is 1. The normalized spacial score (nSPS) is 10.4. The highest BCUT2D eigenvalue weighted by molar-refractivity contribution is 7.09. The van der Waals surface area contributed by atoms with Crippen LogP contribution in [-0.2, 0) is 11.2 Å². The first-order chi connectivity index (χ1) is 9.70. The first-order valence-electron chi connectivity index (χ1n) is 6.50. The van der Waals surface area contributed by atoms with Crippen LogP contribution in [0, 0.1) is 0 Å². The Morgan fingerprint density at radius 1 is 1.35 bits per heavy atom. The van der Waals surface area contributed by atoms with E-state index in [1.807, 2.05) is 29.6 Å². The van der Waals surface area contributed by atoms with Gasteiger partial charge in [-0.3, -0.25) is 4.79 Å². The summed E-state index contributed by atoms with van der Waals surface area (Å²) < 4.78 is 5.33. The molecule has 20 heavy (non-hydrogen) atoms. The van der Waals surface area contributed by atoms with Gasteiger partial charge in [-0.25, -0.2) is 4.98 Å². The summed E-state index contributed by atoms with van der Waals surface area (Å²) in [4.78, 5) is 15.0. The second-order valence-electron chi connectivity index (χ2n) is 4.43. The highest BCUT2D eigenvalue weighted by Gasteiger charge is 2.09. The van der Waals surface area contributed by atoms with Crippen molar-refractivity contribution in [2.75, 3.05) is 7.11 Å². The molecule has 5 heteroatoms. The summed E-state index contributed by atoms with van der Waals surface area (Å²) in [7, 11) is 1.65. The molecule has 0 radical (unpaired) electrons. The summed E-state index contributed by atoms with van der Waals surface area (Å²) in [6.45, 7) is 0. The molecule has 1 heterocycles. The van der Waals surface area contributed by atoms with E-state index in [0.29, 0.717) is 6.42 Å². The van der Waals surface area contributed by atoms with Crippen molar-refractivity contribution in [3.63, 3.8) is 0 Å². The number of hydrogen-bond acceptors (Lipinski definition) is 4. The fourth-order valence-electron chi connectivity index (χ4n) is 1.96. The molecule has 0 unspecified atom stereocenters. The molecule has 1 N–H and O–H groups in total. The highest BCUT2D eigenvalue weighted by atomic mass is 32.1. The number of carbonyl (C=O) groups is 1. The van der Waals surface area contributed by atoms with E-state index in [9.17, 15) is 4.79 Å². The maximum Gasteiger partial charge on any atom is 0.303 e. The number of methoxy groups -OCH3 is 1. The van der Waals surface area contributed by atoms with Gasteiger partial charge in [0.2, 0.25) is 0 Å². The maximum absolute atomic E-state index is 10.4. The summed E-state index contributed by atoms with van der Waals surface area (Å²) in [6.07, 6.45) is 2.60. The molecule has 0 aliphatic carbocycles. The van der Waals surface area contributed by atoms with Crippen LogP contribution >= 0.6 is 11.3 Å². The fraction of sp³-hybridized carbons (Fsp3) is 0.333. The molecule has 106 valence electrons. The molecule has 0 bridgehead atoms. The molecule has 4 nitrogen and oxygen atoms in total. The Morgan fingerprint density at radius 3 is 2.90 bits per heavy atom. The summed E-state index contributed by atoms with van der Waals surface area (Å²) in [5.41, 5.74) is 1.91. The number of carboxylic acid groups (broad SMARTS) is 1. The number of aromatic nitrogens is 1. The Bertz CT molecular complexity index is 580. The molecule has 2 aromatic rings. The molecule has 0 atom stereocenters. The van der Waals surface area contributed by atoms with E-state index in [1.165, 1.54) is 0 Å². The van der Waals surface area contributed by atoms with Crippen molar-refractivity contribution in [1.29, 1.82) is 0 Å². The summed E-state index contributed by atoms with van der Waals surface area (Å²) in [5.74, 6) is 0.0778. The molecule has 0 aliphatic heterocycles. The van der Waals surface area contributed by atoms with Gasteiger partial charge >= 0.3 is 5.97 Å². The molecule has 0 fully saturated rings.